The van der Waals surface area contributed by atoms with E-state index in [2.05, 4.69) is 9.97 Å². The Hall–Kier alpha value is -3.15. The first-order valence-corrected chi connectivity index (χ1v) is 9.19. The highest BCUT2D eigenvalue weighted by molar-refractivity contribution is 5.90. The van der Waals surface area contributed by atoms with E-state index in [4.69, 9.17) is 10.00 Å². The molecule has 4 rings (SSSR count). The van der Waals surface area contributed by atoms with Crippen molar-refractivity contribution in [2.24, 2.45) is 11.8 Å². The van der Waals surface area contributed by atoms with Crippen molar-refractivity contribution in [1.82, 2.24) is 14.9 Å². The zero-order valence-electron chi connectivity index (χ0n) is 15.3. The van der Waals surface area contributed by atoms with Crippen LogP contribution < -0.4 is 4.74 Å². The standard InChI is InChI=1S/C20H17F3N4O2/c21-20(22,23)17-8-15(3-2-12(17)9-24)29-16-6-13-10-27(11-14(13)7-16)19(28)18-25-4-1-5-26-18/h1-5,8,13-14,16H,6-7,10-11H2. The number of amides is 1. The van der Waals surface area contributed by atoms with Gasteiger partial charge in [0.05, 0.1) is 23.3 Å². The van der Waals surface area contributed by atoms with Gasteiger partial charge in [0.2, 0.25) is 5.82 Å². The molecule has 1 amide bonds. The Morgan fingerprint density at radius 1 is 1.17 bits per heavy atom. The van der Waals surface area contributed by atoms with E-state index >= 15 is 0 Å². The lowest BCUT2D eigenvalue weighted by atomic mass is 10.0. The molecule has 2 fully saturated rings. The van der Waals surface area contributed by atoms with Gasteiger partial charge in [0, 0.05) is 25.5 Å². The van der Waals surface area contributed by atoms with Crippen LogP contribution in [0.5, 0.6) is 5.75 Å². The summed E-state index contributed by atoms with van der Waals surface area (Å²) in [5.74, 6) is 0.519. The summed E-state index contributed by atoms with van der Waals surface area (Å²) in [5.41, 5.74) is -1.42. The molecule has 29 heavy (non-hydrogen) atoms. The molecule has 1 aliphatic carbocycles. The Bertz CT molecular complexity index is 944. The molecule has 0 spiro atoms. The minimum absolute atomic E-state index is 0.104. The normalized spacial score (nSPS) is 23.5. The highest BCUT2D eigenvalue weighted by atomic mass is 19.4. The number of likely N-dealkylation sites (tertiary alicyclic amines) is 1. The van der Waals surface area contributed by atoms with Gasteiger partial charge in [-0.3, -0.25) is 4.79 Å². The number of fused-ring (bicyclic) bond motifs is 1. The highest BCUT2D eigenvalue weighted by Crippen LogP contribution is 2.41. The van der Waals surface area contributed by atoms with Crippen LogP contribution in [0.4, 0.5) is 13.2 Å². The fourth-order valence-electron chi connectivity index (χ4n) is 4.18. The first-order valence-electron chi connectivity index (χ1n) is 9.19. The number of carbonyl (C=O) groups excluding carboxylic acids is 1. The second kappa shape index (κ2) is 7.35. The fraction of sp³-hybridized carbons (Fsp3) is 0.400. The van der Waals surface area contributed by atoms with Gasteiger partial charge in [-0.25, -0.2) is 9.97 Å². The Balaban J connectivity index is 1.39. The zero-order valence-corrected chi connectivity index (χ0v) is 15.3. The van der Waals surface area contributed by atoms with Crippen LogP contribution in [0.1, 0.15) is 34.6 Å². The van der Waals surface area contributed by atoms with Gasteiger partial charge < -0.3 is 9.64 Å². The van der Waals surface area contributed by atoms with Gasteiger partial charge >= 0.3 is 6.18 Å². The average molecular weight is 402 g/mol. The maximum atomic E-state index is 13.1. The Morgan fingerprint density at radius 3 is 2.41 bits per heavy atom. The predicted molar refractivity (Wildman–Crippen MR) is 94.7 cm³/mol. The third-order valence-electron chi connectivity index (χ3n) is 5.47. The summed E-state index contributed by atoms with van der Waals surface area (Å²) >= 11 is 0. The van der Waals surface area contributed by atoms with E-state index in [9.17, 15) is 18.0 Å². The molecule has 2 unspecified atom stereocenters. The quantitative estimate of drug-likeness (QED) is 0.787. The summed E-state index contributed by atoms with van der Waals surface area (Å²) in [4.78, 5) is 22.2. The molecule has 9 heteroatoms. The zero-order chi connectivity index (χ0) is 20.6. The van der Waals surface area contributed by atoms with Gasteiger partial charge in [0.25, 0.3) is 5.91 Å². The predicted octanol–water partition coefficient (Wildman–Crippen LogP) is 3.30. The van der Waals surface area contributed by atoms with Crippen molar-refractivity contribution in [2.75, 3.05) is 13.1 Å². The van der Waals surface area contributed by atoms with Crippen molar-refractivity contribution in [2.45, 2.75) is 25.1 Å². The number of nitrogens with zero attached hydrogens (tertiary/aromatic N) is 4. The molecule has 150 valence electrons. The smallest absolute Gasteiger partial charge is 0.417 e. The Morgan fingerprint density at radius 2 is 1.83 bits per heavy atom. The van der Waals surface area contributed by atoms with Gasteiger partial charge in [-0.15, -0.1) is 0 Å². The second-order valence-corrected chi connectivity index (χ2v) is 7.33. The number of benzene rings is 1. The lowest BCUT2D eigenvalue weighted by Gasteiger charge is -2.20. The van der Waals surface area contributed by atoms with Crippen LogP contribution in [0.25, 0.3) is 0 Å². The molecule has 0 N–H and O–H groups in total. The summed E-state index contributed by atoms with van der Waals surface area (Å²) in [6, 6.07) is 6.62. The van der Waals surface area contributed by atoms with Gasteiger partial charge in [0.15, 0.2) is 0 Å². The van der Waals surface area contributed by atoms with Crippen LogP contribution in [-0.4, -0.2) is 40.0 Å². The van der Waals surface area contributed by atoms with Crippen molar-refractivity contribution in [3.05, 3.63) is 53.6 Å². The van der Waals surface area contributed by atoms with E-state index in [-0.39, 0.29) is 35.4 Å². The van der Waals surface area contributed by atoms with E-state index in [1.165, 1.54) is 18.5 Å². The van der Waals surface area contributed by atoms with Crippen LogP contribution >= 0.6 is 0 Å². The number of ether oxygens (including phenoxy) is 1. The third-order valence-corrected chi connectivity index (χ3v) is 5.47. The molecule has 2 atom stereocenters. The van der Waals surface area contributed by atoms with Crippen molar-refractivity contribution in [1.29, 1.82) is 5.26 Å². The fourth-order valence-corrected chi connectivity index (χ4v) is 4.18. The lowest BCUT2D eigenvalue weighted by Crippen LogP contribution is -2.32. The lowest BCUT2D eigenvalue weighted by molar-refractivity contribution is -0.137. The molecule has 1 saturated carbocycles. The molecule has 1 aromatic carbocycles. The highest BCUT2D eigenvalue weighted by Gasteiger charge is 2.44. The maximum absolute atomic E-state index is 13.1. The molecule has 0 bridgehead atoms. The molecule has 2 aliphatic rings. The van der Waals surface area contributed by atoms with Crippen molar-refractivity contribution < 1.29 is 22.7 Å². The largest absolute Gasteiger partial charge is 0.490 e. The topological polar surface area (TPSA) is 79.1 Å². The van der Waals surface area contributed by atoms with E-state index in [0.717, 1.165) is 12.1 Å². The second-order valence-electron chi connectivity index (χ2n) is 7.33. The third kappa shape index (κ3) is 3.88. The SMILES string of the molecule is N#Cc1ccc(OC2CC3CN(C(=O)c4ncccn4)CC3C2)cc1C(F)(F)F. The van der Waals surface area contributed by atoms with Crippen LogP contribution in [0.15, 0.2) is 36.7 Å². The molecule has 1 aliphatic heterocycles. The van der Waals surface area contributed by atoms with Gasteiger partial charge in [0.1, 0.15) is 5.75 Å². The Labute approximate surface area is 164 Å². The number of hydrogen-bond donors (Lipinski definition) is 0. The van der Waals surface area contributed by atoms with E-state index in [1.807, 2.05) is 0 Å². The summed E-state index contributed by atoms with van der Waals surface area (Å²) in [7, 11) is 0. The van der Waals surface area contributed by atoms with Crippen LogP contribution in [0, 0.1) is 23.2 Å². The van der Waals surface area contributed by atoms with Gasteiger partial charge in [-0.1, -0.05) is 0 Å². The summed E-state index contributed by atoms with van der Waals surface area (Å²) in [5, 5.41) is 8.89. The molecule has 1 aromatic heterocycles. The summed E-state index contributed by atoms with van der Waals surface area (Å²) in [6.07, 6.45) is -0.473. The van der Waals surface area contributed by atoms with Crippen LogP contribution in [0.2, 0.25) is 0 Å². The van der Waals surface area contributed by atoms with E-state index in [1.54, 1.807) is 17.0 Å². The molecule has 2 heterocycles. The Kier molecular flexibility index (Phi) is 4.86. The van der Waals surface area contributed by atoms with Crippen LogP contribution in [-0.2, 0) is 6.18 Å². The molecular weight excluding hydrogens is 385 g/mol. The van der Waals surface area contributed by atoms with Gasteiger partial charge in [-0.2, -0.15) is 18.4 Å². The van der Waals surface area contributed by atoms with E-state index < -0.39 is 17.3 Å². The number of aromatic nitrogens is 2. The molecule has 0 radical (unpaired) electrons. The van der Waals surface area contributed by atoms with Crippen molar-refractivity contribution >= 4 is 5.91 Å². The number of nitriles is 1. The van der Waals surface area contributed by atoms with E-state index in [0.29, 0.717) is 25.9 Å². The molecule has 2 aromatic rings. The van der Waals surface area contributed by atoms with Crippen molar-refractivity contribution in [3.8, 4) is 11.8 Å². The average Bonchev–Trinajstić information content (AvgIpc) is 3.26. The van der Waals surface area contributed by atoms with Crippen LogP contribution in [0.3, 0.4) is 0 Å². The molecular formula is C20H17F3N4O2. The molecule has 6 nitrogen and oxygen atoms in total. The number of alkyl halides is 3. The minimum Gasteiger partial charge on any atom is -0.490 e. The first kappa shape index (κ1) is 19.2. The minimum atomic E-state index is -4.61. The number of halogens is 3. The monoisotopic (exact) mass is 402 g/mol. The number of rotatable bonds is 3. The maximum Gasteiger partial charge on any atom is 0.417 e. The van der Waals surface area contributed by atoms with Crippen molar-refractivity contribution in [3.63, 3.8) is 0 Å². The summed E-state index contributed by atoms with van der Waals surface area (Å²) < 4.78 is 45.2. The first-order chi connectivity index (χ1) is 13.8. The number of hydrogen-bond acceptors (Lipinski definition) is 5. The molecule has 1 saturated heterocycles. The van der Waals surface area contributed by atoms with Gasteiger partial charge in [-0.05, 0) is 48.9 Å². The number of carbonyl (C=O) groups is 1. The summed E-state index contributed by atoms with van der Waals surface area (Å²) in [6.45, 7) is 1.12.